The highest BCUT2D eigenvalue weighted by molar-refractivity contribution is 6.34. The van der Waals surface area contributed by atoms with Crippen LogP contribution < -0.4 is 9.64 Å². The third-order valence-electron chi connectivity index (χ3n) is 6.01. The summed E-state index contributed by atoms with van der Waals surface area (Å²) < 4.78 is 41.2. The Hall–Kier alpha value is -3.46. The Morgan fingerprint density at radius 1 is 1.14 bits per heavy atom. The van der Waals surface area contributed by atoms with Gasteiger partial charge in [0.2, 0.25) is 5.91 Å². The van der Waals surface area contributed by atoms with Crippen molar-refractivity contribution in [3.63, 3.8) is 0 Å². The van der Waals surface area contributed by atoms with Gasteiger partial charge in [0.25, 0.3) is 0 Å². The molecule has 184 valence electrons. The van der Waals surface area contributed by atoms with Crippen molar-refractivity contribution in [2.24, 2.45) is 0 Å². The molecule has 1 aliphatic heterocycles. The first kappa shape index (κ1) is 24.7. The van der Waals surface area contributed by atoms with Gasteiger partial charge in [-0.1, -0.05) is 17.7 Å². The number of ether oxygens (including phenoxy) is 2. The molecule has 1 fully saturated rings. The van der Waals surface area contributed by atoms with Gasteiger partial charge in [-0.25, -0.2) is 13.6 Å². The number of esters is 1. The van der Waals surface area contributed by atoms with E-state index in [1.54, 1.807) is 11.8 Å². The van der Waals surface area contributed by atoms with E-state index in [0.29, 0.717) is 31.9 Å². The lowest BCUT2D eigenvalue weighted by Crippen LogP contribution is -2.48. The van der Waals surface area contributed by atoms with Crippen LogP contribution in [0.3, 0.4) is 0 Å². The normalized spacial score (nSPS) is 13.8. The second kappa shape index (κ2) is 10.0. The number of benzene rings is 2. The molecule has 0 saturated carbocycles. The lowest BCUT2D eigenvalue weighted by molar-refractivity contribution is -0.129. The Balaban J connectivity index is 1.94. The summed E-state index contributed by atoms with van der Waals surface area (Å²) in [6.07, 6.45) is 1.26. The van der Waals surface area contributed by atoms with Crippen LogP contribution in [0.1, 0.15) is 24.2 Å². The van der Waals surface area contributed by atoms with Gasteiger partial charge < -0.3 is 19.3 Å². The highest BCUT2D eigenvalue weighted by Crippen LogP contribution is 2.43. The number of carbonyl (C=O) groups is 2. The molecule has 1 amide bonds. The third-order valence-corrected chi connectivity index (χ3v) is 6.31. The molecule has 0 radical (unpaired) electrons. The number of rotatable bonds is 5. The molecule has 1 aliphatic rings. The number of amides is 1. The molecule has 0 bridgehead atoms. The van der Waals surface area contributed by atoms with Crippen molar-refractivity contribution in [1.29, 1.82) is 0 Å². The van der Waals surface area contributed by atoms with Gasteiger partial charge >= 0.3 is 5.97 Å². The number of halogens is 3. The monoisotopic (exact) mass is 503 g/mol. The average Bonchev–Trinajstić information content (AvgIpc) is 2.84. The highest BCUT2D eigenvalue weighted by atomic mass is 35.5. The van der Waals surface area contributed by atoms with E-state index in [2.05, 4.69) is 4.98 Å². The zero-order valence-electron chi connectivity index (χ0n) is 19.5. The standard InChI is InChI=1S/C25H24ClF2N3O4/c1-4-35-25(33)16-13-29-23-15(24(16)31-10-8-30(9-11-31)14(2)32)12-17(26)20(22(23)28)21-18(27)6-5-7-19(21)34-3/h5-7,12-13H,4,8-11H2,1-3H3. The number of fused-ring (bicyclic) bond motifs is 1. The number of hydrogen-bond acceptors (Lipinski definition) is 6. The first-order valence-electron chi connectivity index (χ1n) is 11.1. The second-order valence-corrected chi connectivity index (χ2v) is 8.40. The zero-order chi connectivity index (χ0) is 25.3. The molecule has 4 rings (SSSR count). The van der Waals surface area contributed by atoms with Crippen LogP contribution in [0.4, 0.5) is 14.5 Å². The van der Waals surface area contributed by atoms with Crippen LogP contribution in [0.2, 0.25) is 5.02 Å². The first-order chi connectivity index (χ1) is 16.8. The van der Waals surface area contributed by atoms with Crippen LogP contribution in [-0.4, -0.2) is 61.7 Å². The Bertz CT molecular complexity index is 1310. The van der Waals surface area contributed by atoms with Crippen molar-refractivity contribution in [1.82, 2.24) is 9.88 Å². The smallest absolute Gasteiger partial charge is 0.341 e. The molecule has 3 aromatic rings. The van der Waals surface area contributed by atoms with Crippen LogP contribution in [0.25, 0.3) is 22.0 Å². The van der Waals surface area contributed by atoms with E-state index in [0.717, 1.165) is 0 Å². The third kappa shape index (κ3) is 4.48. The summed E-state index contributed by atoms with van der Waals surface area (Å²) in [7, 11) is 1.35. The Kier molecular flexibility index (Phi) is 7.07. The van der Waals surface area contributed by atoms with Crippen molar-refractivity contribution in [2.45, 2.75) is 13.8 Å². The number of nitrogens with zero attached hydrogens (tertiary/aromatic N) is 3. The van der Waals surface area contributed by atoms with Crippen molar-refractivity contribution in [2.75, 3.05) is 44.8 Å². The molecule has 7 nitrogen and oxygen atoms in total. The summed E-state index contributed by atoms with van der Waals surface area (Å²) in [4.78, 5) is 32.3. The van der Waals surface area contributed by atoms with E-state index in [-0.39, 0.29) is 50.9 Å². The summed E-state index contributed by atoms with van der Waals surface area (Å²) in [5, 5.41) is 0.221. The fourth-order valence-electron chi connectivity index (χ4n) is 4.34. The van der Waals surface area contributed by atoms with Crippen molar-refractivity contribution in [3.8, 4) is 16.9 Å². The average molecular weight is 504 g/mol. The predicted octanol–water partition coefficient (Wildman–Crippen LogP) is 4.69. The van der Waals surface area contributed by atoms with Crippen molar-refractivity contribution < 1.29 is 27.8 Å². The molecule has 2 heterocycles. The molecule has 0 unspecified atom stereocenters. The summed E-state index contributed by atoms with van der Waals surface area (Å²) in [5.74, 6) is -2.08. The topological polar surface area (TPSA) is 72.0 Å². The maximum absolute atomic E-state index is 16.0. The van der Waals surface area contributed by atoms with E-state index >= 15 is 4.39 Å². The number of carbonyl (C=O) groups excluding carboxylic acids is 2. The first-order valence-corrected chi connectivity index (χ1v) is 11.5. The maximum Gasteiger partial charge on any atom is 0.341 e. The summed E-state index contributed by atoms with van der Waals surface area (Å²) >= 11 is 6.54. The summed E-state index contributed by atoms with van der Waals surface area (Å²) in [5.41, 5.74) is 0.184. The van der Waals surface area contributed by atoms with Gasteiger partial charge in [0, 0.05) is 50.2 Å². The number of anilines is 1. The molecule has 0 aliphatic carbocycles. The zero-order valence-corrected chi connectivity index (χ0v) is 20.3. The van der Waals surface area contributed by atoms with E-state index in [4.69, 9.17) is 21.1 Å². The van der Waals surface area contributed by atoms with Gasteiger partial charge in [-0.2, -0.15) is 0 Å². The number of hydrogen-bond donors (Lipinski definition) is 0. The molecule has 1 aromatic heterocycles. The van der Waals surface area contributed by atoms with Gasteiger partial charge in [-0.15, -0.1) is 0 Å². The lowest BCUT2D eigenvalue weighted by Gasteiger charge is -2.36. The van der Waals surface area contributed by atoms with Crippen LogP contribution >= 0.6 is 11.6 Å². The fraction of sp³-hybridized carbons (Fsp3) is 0.320. The summed E-state index contributed by atoms with van der Waals surface area (Å²) in [6, 6.07) is 5.63. The molecule has 0 atom stereocenters. The van der Waals surface area contributed by atoms with E-state index in [1.807, 2.05) is 4.90 Å². The number of methoxy groups -OCH3 is 1. The largest absolute Gasteiger partial charge is 0.496 e. The minimum atomic E-state index is -0.838. The molecule has 10 heteroatoms. The molecule has 0 N–H and O–H groups in total. The van der Waals surface area contributed by atoms with E-state index < -0.39 is 17.6 Å². The minimum absolute atomic E-state index is 0.0487. The lowest BCUT2D eigenvalue weighted by atomic mass is 9.98. The molecule has 2 aromatic carbocycles. The number of pyridine rings is 1. The molecule has 35 heavy (non-hydrogen) atoms. The van der Waals surface area contributed by atoms with E-state index in [9.17, 15) is 14.0 Å². The molecule has 0 spiro atoms. The summed E-state index contributed by atoms with van der Waals surface area (Å²) in [6.45, 7) is 5.01. The Morgan fingerprint density at radius 3 is 2.49 bits per heavy atom. The minimum Gasteiger partial charge on any atom is -0.496 e. The number of aromatic nitrogens is 1. The fourth-order valence-corrected chi connectivity index (χ4v) is 4.63. The van der Waals surface area contributed by atoms with Crippen molar-refractivity contribution in [3.05, 3.63) is 52.7 Å². The number of piperazine rings is 1. The predicted molar refractivity (Wildman–Crippen MR) is 129 cm³/mol. The van der Waals surface area contributed by atoms with Gasteiger partial charge in [-0.05, 0) is 25.1 Å². The van der Waals surface area contributed by atoms with Crippen LogP contribution in [-0.2, 0) is 9.53 Å². The molecular formula is C25H24ClF2N3O4. The van der Waals surface area contributed by atoms with Gasteiger partial charge in [0.15, 0.2) is 5.82 Å². The van der Waals surface area contributed by atoms with Crippen molar-refractivity contribution >= 4 is 40.1 Å². The van der Waals surface area contributed by atoms with E-state index in [1.165, 1.54) is 44.5 Å². The Morgan fingerprint density at radius 2 is 1.86 bits per heavy atom. The van der Waals surface area contributed by atoms with Crippen LogP contribution in [0.15, 0.2) is 30.5 Å². The molecular weight excluding hydrogens is 480 g/mol. The highest BCUT2D eigenvalue weighted by Gasteiger charge is 2.29. The van der Waals surface area contributed by atoms with Gasteiger partial charge in [0.05, 0.1) is 30.0 Å². The van der Waals surface area contributed by atoms with Crippen LogP contribution in [0, 0.1) is 11.6 Å². The van der Waals surface area contributed by atoms with Crippen LogP contribution in [0.5, 0.6) is 5.75 Å². The van der Waals surface area contributed by atoms with Gasteiger partial charge in [-0.3, -0.25) is 9.78 Å². The SMILES string of the molecule is CCOC(=O)c1cnc2c(F)c(-c3c(F)cccc3OC)c(Cl)cc2c1N1CCN(C(C)=O)CC1. The Labute approximate surface area is 206 Å². The quantitative estimate of drug-likeness (QED) is 0.470. The van der Waals surface area contributed by atoms with Gasteiger partial charge in [0.1, 0.15) is 22.6 Å². The maximum atomic E-state index is 16.0. The second-order valence-electron chi connectivity index (χ2n) is 7.99. The molecule has 1 saturated heterocycles.